The second-order valence-corrected chi connectivity index (χ2v) is 5.20. The number of hydrogen-bond donors (Lipinski definition) is 2. The van der Waals surface area contributed by atoms with Crippen LogP contribution in [-0.2, 0) is 9.59 Å². The van der Waals surface area contributed by atoms with Crippen LogP contribution in [0.1, 0.15) is 13.8 Å². The number of furan rings is 1. The van der Waals surface area contributed by atoms with E-state index >= 15 is 0 Å². The third-order valence-corrected chi connectivity index (χ3v) is 3.03. The highest BCUT2D eigenvalue weighted by atomic mass is 16.5. The van der Waals surface area contributed by atoms with Crippen LogP contribution in [0, 0.1) is 0 Å². The first-order valence-electron chi connectivity index (χ1n) is 7.58. The zero-order valence-electron chi connectivity index (χ0n) is 14.9. The Bertz CT molecular complexity index is 907. The largest absolute Gasteiger partial charge is 0.550 e. The number of methoxy groups -OCH3 is 1. The Morgan fingerprint density at radius 2 is 1.59 bits per heavy atom. The van der Waals surface area contributed by atoms with Crippen molar-refractivity contribution >= 4 is 22.7 Å². The van der Waals surface area contributed by atoms with E-state index in [0.717, 1.165) is 24.6 Å². The van der Waals surface area contributed by atoms with Crippen molar-refractivity contribution in [1.82, 2.24) is 0 Å². The molecule has 0 saturated heterocycles. The van der Waals surface area contributed by atoms with Crippen molar-refractivity contribution in [2.24, 2.45) is 0 Å². The normalized spacial score (nSPS) is 9.44. The van der Waals surface area contributed by atoms with Crippen molar-refractivity contribution in [3.63, 3.8) is 0 Å². The second kappa shape index (κ2) is 9.71. The van der Waals surface area contributed by atoms with Gasteiger partial charge >= 0.3 is 0 Å². The third-order valence-electron chi connectivity index (χ3n) is 3.03. The molecule has 3 aromatic rings. The summed E-state index contributed by atoms with van der Waals surface area (Å²) in [6, 6.07) is 9.98. The molecule has 0 atom stereocenters. The van der Waals surface area contributed by atoms with E-state index in [1.807, 2.05) is 18.2 Å². The highest BCUT2D eigenvalue weighted by Gasteiger charge is 2.13. The average molecular weight is 374 g/mol. The number of carboxylic acid groups (broad SMARTS) is 2. The lowest BCUT2D eigenvalue weighted by atomic mass is 10.1. The smallest absolute Gasteiger partial charge is 0.145 e. The number of phenols is 2. The molecule has 0 fully saturated rings. The van der Waals surface area contributed by atoms with Gasteiger partial charge in [-0.1, -0.05) is 0 Å². The molecular weight excluding hydrogens is 356 g/mol. The van der Waals surface area contributed by atoms with Gasteiger partial charge in [0.2, 0.25) is 0 Å². The summed E-state index contributed by atoms with van der Waals surface area (Å²) in [6.45, 7) is 1.94. The summed E-state index contributed by atoms with van der Waals surface area (Å²) in [5.74, 6) is -0.923. The molecule has 0 amide bonds. The summed E-state index contributed by atoms with van der Waals surface area (Å²) in [6.07, 6.45) is 1.62. The minimum Gasteiger partial charge on any atom is -0.550 e. The van der Waals surface area contributed by atoms with Crippen LogP contribution in [0.2, 0.25) is 0 Å². The standard InChI is InChI=1S/C15H12O4.2C2H4O2/c1-18-11-4-2-9-8-19-15(13(9)7-11)12-5-3-10(16)6-14(12)17;2*1-2(3)4/h2-8,16-17H,1H3;2*1H3,(H,3,4)/p-2. The minimum atomic E-state index is -1.08. The van der Waals surface area contributed by atoms with E-state index < -0.39 is 11.9 Å². The van der Waals surface area contributed by atoms with Crippen LogP contribution in [0.15, 0.2) is 47.1 Å². The van der Waals surface area contributed by atoms with E-state index in [2.05, 4.69) is 0 Å². The number of carbonyl (C=O) groups is 2. The number of benzene rings is 2. The van der Waals surface area contributed by atoms with Crippen LogP contribution in [0.4, 0.5) is 0 Å². The second-order valence-electron chi connectivity index (χ2n) is 5.20. The van der Waals surface area contributed by atoms with Gasteiger partial charge in [0.15, 0.2) is 0 Å². The van der Waals surface area contributed by atoms with Gasteiger partial charge in [0.1, 0.15) is 23.0 Å². The van der Waals surface area contributed by atoms with Crippen molar-refractivity contribution in [2.75, 3.05) is 7.11 Å². The first-order valence-corrected chi connectivity index (χ1v) is 7.58. The number of aliphatic carboxylic acids is 2. The topological polar surface area (TPSA) is 143 Å². The highest BCUT2D eigenvalue weighted by molar-refractivity contribution is 5.96. The molecule has 0 aliphatic heterocycles. The third kappa shape index (κ3) is 6.62. The fourth-order valence-corrected chi connectivity index (χ4v) is 2.07. The van der Waals surface area contributed by atoms with Crippen molar-refractivity contribution in [3.05, 3.63) is 42.7 Å². The molecular formula is C19H18O8-2. The van der Waals surface area contributed by atoms with E-state index in [-0.39, 0.29) is 11.5 Å². The summed E-state index contributed by atoms with van der Waals surface area (Å²) in [7, 11) is 1.60. The van der Waals surface area contributed by atoms with Crippen molar-refractivity contribution in [1.29, 1.82) is 0 Å². The number of hydrogen-bond acceptors (Lipinski definition) is 8. The number of aromatic hydroxyl groups is 2. The number of phenolic OH excluding ortho intramolecular Hbond substituents is 2. The molecule has 3 rings (SSSR count). The molecule has 8 heteroatoms. The Hall–Kier alpha value is -3.68. The van der Waals surface area contributed by atoms with E-state index in [9.17, 15) is 10.2 Å². The zero-order valence-corrected chi connectivity index (χ0v) is 14.9. The average Bonchev–Trinajstić information content (AvgIpc) is 2.96. The first kappa shape index (κ1) is 21.4. The number of fused-ring (bicyclic) bond motifs is 1. The molecule has 1 aromatic heterocycles. The Morgan fingerprint density at radius 1 is 1.00 bits per heavy atom. The summed E-state index contributed by atoms with van der Waals surface area (Å²) in [4.78, 5) is 17.8. The van der Waals surface area contributed by atoms with E-state index in [0.29, 0.717) is 17.1 Å². The van der Waals surface area contributed by atoms with Gasteiger partial charge in [-0.3, -0.25) is 0 Å². The maximum atomic E-state index is 9.90. The van der Waals surface area contributed by atoms with E-state index in [1.54, 1.807) is 19.4 Å². The molecule has 8 nitrogen and oxygen atoms in total. The van der Waals surface area contributed by atoms with Crippen LogP contribution < -0.4 is 14.9 Å². The molecule has 0 aliphatic rings. The lowest BCUT2D eigenvalue weighted by Gasteiger charge is -2.04. The van der Waals surface area contributed by atoms with Crippen LogP contribution in [0.25, 0.3) is 22.1 Å². The fourth-order valence-electron chi connectivity index (χ4n) is 2.07. The molecule has 1 heterocycles. The molecule has 0 saturated carbocycles. The maximum Gasteiger partial charge on any atom is 0.145 e. The summed E-state index contributed by atoms with van der Waals surface area (Å²) in [5.41, 5.74) is 0.529. The van der Waals surface area contributed by atoms with Gasteiger partial charge in [0.05, 0.1) is 18.9 Å². The number of carbonyl (C=O) groups excluding carboxylic acids is 2. The maximum absolute atomic E-state index is 9.90. The van der Waals surface area contributed by atoms with Gasteiger partial charge < -0.3 is 39.2 Å². The molecule has 0 spiro atoms. The summed E-state index contributed by atoms with van der Waals surface area (Å²) < 4.78 is 10.7. The van der Waals surface area contributed by atoms with Gasteiger partial charge in [-0.2, -0.15) is 0 Å². The molecule has 0 aliphatic carbocycles. The number of rotatable bonds is 2. The number of carboxylic acids is 2. The molecule has 2 aromatic carbocycles. The van der Waals surface area contributed by atoms with E-state index in [4.69, 9.17) is 29.0 Å². The molecule has 144 valence electrons. The molecule has 0 radical (unpaired) electrons. The van der Waals surface area contributed by atoms with Gasteiger partial charge in [-0.25, -0.2) is 0 Å². The Kier molecular flexibility index (Phi) is 7.68. The fraction of sp³-hybridized carbons (Fsp3) is 0.158. The van der Waals surface area contributed by atoms with Crippen LogP contribution in [0.5, 0.6) is 17.2 Å². The summed E-state index contributed by atoms with van der Waals surface area (Å²) >= 11 is 0. The summed E-state index contributed by atoms with van der Waals surface area (Å²) in [5, 5.41) is 38.8. The van der Waals surface area contributed by atoms with Gasteiger partial charge in [0.25, 0.3) is 0 Å². The predicted molar refractivity (Wildman–Crippen MR) is 92.9 cm³/mol. The van der Waals surface area contributed by atoms with Crippen molar-refractivity contribution in [3.8, 4) is 28.6 Å². The van der Waals surface area contributed by atoms with Gasteiger partial charge in [0, 0.05) is 28.8 Å². The Balaban J connectivity index is 0.000000390. The van der Waals surface area contributed by atoms with Crippen molar-refractivity contribution < 1.29 is 39.2 Å². The SMILES string of the molecule is CC(=O)[O-].CC(=O)[O-].COc1ccc2coc(-c3ccc(O)cc3O)c2c1. The lowest BCUT2D eigenvalue weighted by Crippen LogP contribution is -2.16. The molecule has 0 bridgehead atoms. The monoisotopic (exact) mass is 374 g/mol. The lowest BCUT2D eigenvalue weighted by molar-refractivity contribution is -0.303. The van der Waals surface area contributed by atoms with E-state index in [1.165, 1.54) is 12.1 Å². The zero-order chi connectivity index (χ0) is 20.6. The van der Waals surface area contributed by atoms with Gasteiger partial charge in [-0.05, 0) is 44.2 Å². The quantitative estimate of drug-likeness (QED) is 0.677. The predicted octanol–water partition coefficient (Wildman–Crippen LogP) is 1.03. The van der Waals surface area contributed by atoms with Crippen LogP contribution in [-0.4, -0.2) is 29.3 Å². The molecule has 0 unspecified atom stereocenters. The first-order chi connectivity index (χ1) is 12.6. The molecule has 2 N–H and O–H groups in total. The minimum absolute atomic E-state index is 0.00897. The number of ether oxygens (including phenoxy) is 1. The van der Waals surface area contributed by atoms with Crippen LogP contribution >= 0.6 is 0 Å². The highest BCUT2D eigenvalue weighted by Crippen LogP contribution is 2.38. The Morgan fingerprint density at radius 3 is 2.11 bits per heavy atom. The van der Waals surface area contributed by atoms with Crippen LogP contribution in [0.3, 0.4) is 0 Å². The van der Waals surface area contributed by atoms with Gasteiger partial charge in [-0.15, -0.1) is 0 Å². The Labute approximate surface area is 154 Å². The van der Waals surface area contributed by atoms with Crippen molar-refractivity contribution in [2.45, 2.75) is 13.8 Å². The molecule has 27 heavy (non-hydrogen) atoms.